The fourth-order valence-corrected chi connectivity index (χ4v) is 2.86. The fourth-order valence-electron chi connectivity index (χ4n) is 2.17. The van der Waals surface area contributed by atoms with Gasteiger partial charge >= 0.3 is 0 Å². The Morgan fingerprint density at radius 2 is 2.07 bits per heavy atom. The van der Waals surface area contributed by atoms with E-state index in [1.54, 1.807) is 31.4 Å². The molecule has 0 saturated heterocycles. The molecule has 2 aromatic rings. The number of benzene rings is 2. The number of nitrogens with zero attached hydrogens (tertiary/aromatic N) is 1. The highest BCUT2D eigenvalue weighted by Crippen LogP contribution is 2.36. The lowest BCUT2D eigenvalue weighted by Gasteiger charge is -2.12. The molecule has 6 nitrogen and oxygen atoms in total. The molecule has 2 rings (SSSR count). The molecule has 0 radical (unpaired) electrons. The first-order chi connectivity index (χ1) is 12.9. The summed E-state index contributed by atoms with van der Waals surface area (Å²) in [5.41, 5.74) is 4.03. The van der Waals surface area contributed by atoms with Gasteiger partial charge in [-0.05, 0) is 71.2 Å². The molecule has 0 aromatic heterocycles. The molecule has 27 heavy (non-hydrogen) atoms. The van der Waals surface area contributed by atoms with Gasteiger partial charge < -0.3 is 14.2 Å². The Morgan fingerprint density at radius 1 is 1.30 bits per heavy atom. The van der Waals surface area contributed by atoms with Crippen molar-refractivity contribution in [2.24, 2.45) is 5.10 Å². The van der Waals surface area contributed by atoms with Crippen LogP contribution < -0.4 is 19.6 Å². The Bertz CT molecular complexity index is 843. The number of carbonyl (C=O) groups excluding carboxylic acids is 1. The van der Waals surface area contributed by atoms with E-state index in [4.69, 9.17) is 25.8 Å². The number of hydrogen-bond acceptors (Lipinski definition) is 5. The first kappa shape index (κ1) is 21.1. The second-order valence-electron chi connectivity index (χ2n) is 5.46. The summed E-state index contributed by atoms with van der Waals surface area (Å²) in [6.07, 6.45) is 1.51. The minimum atomic E-state index is -0.379. The first-order valence-electron chi connectivity index (χ1n) is 8.15. The number of methoxy groups -OCH3 is 1. The Balaban J connectivity index is 1.93. The normalized spacial score (nSPS) is 10.7. The molecule has 0 aliphatic rings. The number of amides is 1. The van der Waals surface area contributed by atoms with E-state index in [-0.39, 0.29) is 12.5 Å². The summed E-state index contributed by atoms with van der Waals surface area (Å²) in [6, 6.07) is 8.77. The number of carbonyl (C=O) groups is 1. The lowest BCUT2D eigenvalue weighted by atomic mass is 10.2. The van der Waals surface area contributed by atoms with Crippen LogP contribution in [0.5, 0.6) is 17.2 Å². The average Bonchev–Trinajstić information content (AvgIpc) is 2.64. The Morgan fingerprint density at radius 3 is 2.74 bits per heavy atom. The summed E-state index contributed by atoms with van der Waals surface area (Å²) < 4.78 is 17.0. The van der Waals surface area contributed by atoms with E-state index in [1.165, 1.54) is 6.21 Å². The van der Waals surface area contributed by atoms with Crippen LogP contribution in [-0.4, -0.2) is 32.4 Å². The predicted molar refractivity (Wildman–Crippen MR) is 109 cm³/mol. The van der Waals surface area contributed by atoms with Gasteiger partial charge in [-0.3, -0.25) is 4.79 Å². The van der Waals surface area contributed by atoms with Crippen molar-refractivity contribution in [2.75, 3.05) is 20.3 Å². The summed E-state index contributed by atoms with van der Waals surface area (Å²) in [7, 11) is 1.56. The van der Waals surface area contributed by atoms with Gasteiger partial charge in [-0.25, -0.2) is 5.43 Å². The third-order valence-electron chi connectivity index (χ3n) is 3.44. The molecule has 2 aromatic carbocycles. The average molecular weight is 456 g/mol. The molecule has 0 unspecified atom stereocenters. The third-order valence-corrected chi connectivity index (χ3v) is 4.46. The molecule has 0 spiro atoms. The van der Waals surface area contributed by atoms with E-state index in [0.717, 1.165) is 15.6 Å². The van der Waals surface area contributed by atoms with Crippen molar-refractivity contribution < 1.29 is 19.0 Å². The molecule has 1 N–H and O–H groups in total. The number of nitrogens with one attached hydrogen (secondary N) is 1. The quantitative estimate of drug-likeness (QED) is 0.475. The second-order valence-corrected chi connectivity index (χ2v) is 6.72. The van der Waals surface area contributed by atoms with E-state index in [2.05, 4.69) is 26.5 Å². The molecule has 0 aliphatic heterocycles. The number of ether oxygens (including phenoxy) is 3. The minimum absolute atomic E-state index is 0.158. The summed E-state index contributed by atoms with van der Waals surface area (Å²) in [4.78, 5) is 11.9. The number of halogens is 2. The Hall–Kier alpha value is -2.25. The van der Waals surface area contributed by atoms with E-state index < -0.39 is 0 Å². The molecular formula is C19H20BrClN2O4. The SMILES string of the molecule is CCOc1c(Br)cc(/C=N/NC(=O)COc2ccc(Cl)c(C)c2)cc1OC. The summed E-state index contributed by atoms with van der Waals surface area (Å²) in [5, 5.41) is 4.58. The highest BCUT2D eigenvalue weighted by Gasteiger charge is 2.10. The number of hydrazone groups is 1. The minimum Gasteiger partial charge on any atom is -0.493 e. The largest absolute Gasteiger partial charge is 0.493 e. The van der Waals surface area contributed by atoms with Gasteiger partial charge in [0, 0.05) is 5.02 Å². The molecule has 0 bridgehead atoms. The van der Waals surface area contributed by atoms with Gasteiger partial charge in [-0.2, -0.15) is 5.10 Å². The molecule has 0 fully saturated rings. The molecule has 1 amide bonds. The topological polar surface area (TPSA) is 69.2 Å². The van der Waals surface area contributed by atoms with Crippen molar-refractivity contribution in [1.29, 1.82) is 0 Å². The lowest BCUT2D eigenvalue weighted by molar-refractivity contribution is -0.123. The predicted octanol–water partition coefficient (Wildman–Crippen LogP) is 4.35. The van der Waals surface area contributed by atoms with Crippen LogP contribution >= 0.6 is 27.5 Å². The van der Waals surface area contributed by atoms with Crippen LogP contribution in [0.15, 0.2) is 39.9 Å². The van der Waals surface area contributed by atoms with Crippen LogP contribution in [0.4, 0.5) is 0 Å². The summed E-state index contributed by atoms with van der Waals surface area (Å²) in [5.74, 6) is 1.38. The highest BCUT2D eigenvalue weighted by molar-refractivity contribution is 9.10. The molecule has 144 valence electrons. The maximum atomic E-state index is 11.9. The maximum absolute atomic E-state index is 11.9. The van der Waals surface area contributed by atoms with Crippen LogP contribution in [0.3, 0.4) is 0 Å². The fraction of sp³-hybridized carbons (Fsp3) is 0.263. The number of rotatable bonds is 8. The lowest BCUT2D eigenvalue weighted by Crippen LogP contribution is -2.24. The van der Waals surface area contributed by atoms with Crippen molar-refractivity contribution in [3.05, 3.63) is 51.0 Å². The maximum Gasteiger partial charge on any atom is 0.277 e. The van der Waals surface area contributed by atoms with Crippen LogP contribution in [0.25, 0.3) is 0 Å². The van der Waals surface area contributed by atoms with Gasteiger partial charge in [0.15, 0.2) is 18.1 Å². The van der Waals surface area contributed by atoms with Crippen molar-refractivity contribution in [2.45, 2.75) is 13.8 Å². The van der Waals surface area contributed by atoms with E-state index in [1.807, 2.05) is 19.9 Å². The van der Waals surface area contributed by atoms with E-state index >= 15 is 0 Å². The number of aryl methyl sites for hydroxylation is 1. The zero-order valence-electron chi connectivity index (χ0n) is 15.2. The van der Waals surface area contributed by atoms with Gasteiger partial charge in [0.2, 0.25) is 0 Å². The van der Waals surface area contributed by atoms with Gasteiger partial charge in [0.25, 0.3) is 5.91 Å². The van der Waals surface area contributed by atoms with Gasteiger partial charge in [-0.15, -0.1) is 0 Å². The van der Waals surface area contributed by atoms with E-state index in [9.17, 15) is 4.79 Å². The standard InChI is InChI=1S/C19H20BrClN2O4/c1-4-26-19-15(20)8-13(9-17(19)25-3)10-22-23-18(24)11-27-14-5-6-16(21)12(2)7-14/h5-10H,4,11H2,1-3H3,(H,23,24)/b22-10+. The van der Waals surface area contributed by atoms with Crippen LogP contribution in [0.1, 0.15) is 18.1 Å². The summed E-state index contributed by atoms with van der Waals surface area (Å²) in [6.45, 7) is 4.12. The number of hydrogen-bond donors (Lipinski definition) is 1. The Labute approximate surface area is 171 Å². The molecule has 8 heteroatoms. The first-order valence-corrected chi connectivity index (χ1v) is 9.32. The van der Waals surface area contributed by atoms with Crippen molar-refractivity contribution in [1.82, 2.24) is 5.43 Å². The van der Waals surface area contributed by atoms with Gasteiger partial charge in [0.1, 0.15) is 5.75 Å². The van der Waals surface area contributed by atoms with Gasteiger partial charge in [0.05, 0.1) is 24.4 Å². The molecule has 0 saturated carbocycles. The molecule has 0 aliphatic carbocycles. The second kappa shape index (κ2) is 10.2. The Kier molecular flexibility index (Phi) is 7.94. The van der Waals surface area contributed by atoms with Crippen molar-refractivity contribution in [3.63, 3.8) is 0 Å². The van der Waals surface area contributed by atoms with Crippen LogP contribution in [0.2, 0.25) is 5.02 Å². The van der Waals surface area contributed by atoms with Crippen molar-refractivity contribution in [3.8, 4) is 17.2 Å². The van der Waals surface area contributed by atoms with Crippen LogP contribution in [-0.2, 0) is 4.79 Å². The molecule has 0 heterocycles. The smallest absolute Gasteiger partial charge is 0.277 e. The highest BCUT2D eigenvalue weighted by atomic mass is 79.9. The molecular weight excluding hydrogens is 436 g/mol. The zero-order chi connectivity index (χ0) is 19.8. The van der Waals surface area contributed by atoms with Crippen molar-refractivity contribution >= 4 is 39.7 Å². The van der Waals surface area contributed by atoms with E-state index in [0.29, 0.717) is 28.9 Å². The summed E-state index contributed by atoms with van der Waals surface area (Å²) >= 11 is 9.39. The van der Waals surface area contributed by atoms with Crippen LogP contribution in [0, 0.1) is 6.92 Å². The van der Waals surface area contributed by atoms with Gasteiger partial charge in [-0.1, -0.05) is 11.6 Å². The third kappa shape index (κ3) is 6.15. The zero-order valence-corrected chi connectivity index (χ0v) is 17.6. The molecule has 0 atom stereocenters. The monoisotopic (exact) mass is 454 g/mol.